The Morgan fingerprint density at radius 1 is 1.43 bits per heavy atom. The lowest BCUT2D eigenvalue weighted by atomic mass is 10.1. The van der Waals surface area contributed by atoms with Crippen molar-refractivity contribution in [3.8, 4) is 0 Å². The lowest BCUT2D eigenvalue weighted by Crippen LogP contribution is -1.94. The van der Waals surface area contributed by atoms with Crippen molar-refractivity contribution >= 4 is 27.4 Å². The van der Waals surface area contributed by atoms with E-state index in [-0.39, 0.29) is 0 Å². The Bertz CT molecular complexity index is 485. The monoisotopic (exact) mass is 206 g/mol. The van der Waals surface area contributed by atoms with Crippen molar-refractivity contribution in [2.24, 2.45) is 0 Å². The first-order chi connectivity index (χ1) is 6.70. The Hall–Kier alpha value is -1.35. The summed E-state index contributed by atoms with van der Waals surface area (Å²) in [6.45, 7) is 2.10. The molecule has 0 saturated heterocycles. The number of hydrogen-bond donors (Lipinski definition) is 1. The average molecular weight is 206 g/mol. The summed E-state index contributed by atoms with van der Waals surface area (Å²) < 4.78 is 1.16. The van der Waals surface area contributed by atoms with E-state index in [1.54, 1.807) is 23.5 Å². The van der Waals surface area contributed by atoms with E-state index in [2.05, 4.69) is 13.0 Å². The van der Waals surface area contributed by atoms with Crippen LogP contribution in [-0.4, -0.2) is 11.1 Å². The Labute approximate surface area is 85.8 Å². The normalized spacial score (nSPS) is 10.6. The second-order valence-electron chi connectivity index (χ2n) is 3.12. The third kappa shape index (κ3) is 1.51. The fourth-order valence-electron chi connectivity index (χ4n) is 1.41. The number of carboxylic acids is 1. The van der Waals surface area contributed by atoms with E-state index in [9.17, 15) is 4.79 Å². The van der Waals surface area contributed by atoms with Gasteiger partial charge in [-0.3, -0.25) is 0 Å². The van der Waals surface area contributed by atoms with Gasteiger partial charge in [-0.05, 0) is 36.1 Å². The minimum atomic E-state index is -0.865. The topological polar surface area (TPSA) is 37.3 Å². The lowest BCUT2D eigenvalue weighted by molar-refractivity contribution is 0.0697. The number of fused-ring (bicyclic) bond motifs is 1. The molecule has 1 heterocycles. The van der Waals surface area contributed by atoms with Crippen LogP contribution in [0.3, 0.4) is 0 Å². The quantitative estimate of drug-likeness (QED) is 0.819. The minimum Gasteiger partial charge on any atom is -0.478 e. The van der Waals surface area contributed by atoms with Gasteiger partial charge in [0.05, 0.1) is 5.56 Å². The van der Waals surface area contributed by atoms with Gasteiger partial charge in [0.25, 0.3) is 0 Å². The molecule has 2 rings (SSSR count). The zero-order valence-corrected chi connectivity index (χ0v) is 8.60. The van der Waals surface area contributed by atoms with Crippen LogP contribution in [-0.2, 0) is 6.42 Å². The maximum absolute atomic E-state index is 10.7. The van der Waals surface area contributed by atoms with Crippen molar-refractivity contribution in [2.45, 2.75) is 13.3 Å². The number of aryl methyl sites for hydroxylation is 1. The van der Waals surface area contributed by atoms with E-state index in [0.717, 1.165) is 16.5 Å². The van der Waals surface area contributed by atoms with E-state index < -0.39 is 5.97 Å². The summed E-state index contributed by atoms with van der Waals surface area (Å²) in [5.74, 6) is -0.865. The summed E-state index contributed by atoms with van der Waals surface area (Å²) in [5, 5.41) is 9.85. The maximum Gasteiger partial charge on any atom is 0.335 e. The highest BCUT2D eigenvalue weighted by molar-refractivity contribution is 7.19. The molecule has 1 aromatic carbocycles. The molecule has 0 aliphatic rings. The summed E-state index contributed by atoms with van der Waals surface area (Å²) >= 11 is 1.72. The molecule has 0 bridgehead atoms. The van der Waals surface area contributed by atoms with E-state index in [0.29, 0.717) is 5.56 Å². The molecular weight excluding hydrogens is 196 g/mol. The molecule has 0 aliphatic heterocycles. The lowest BCUT2D eigenvalue weighted by Gasteiger charge is -1.92. The molecule has 0 radical (unpaired) electrons. The Balaban J connectivity index is 2.59. The number of benzene rings is 1. The smallest absolute Gasteiger partial charge is 0.335 e. The second kappa shape index (κ2) is 3.42. The number of thiophene rings is 1. The molecule has 0 unspecified atom stereocenters. The van der Waals surface area contributed by atoms with Crippen LogP contribution in [0.5, 0.6) is 0 Å². The third-order valence-corrected chi connectivity index (χ3v) is 3.42. The van der Waals surface area contributed by atoms with Crippen LogP contribution in [0, 0.1) is 0 Å². The van der Waals surface area contributed by atoms with Crippen molar-refractivity contribution in [1.29, 1.82) is 0 Å². The molecule has 3 heteroatoms. The Morgan fingerprint density at radius 3 is 2.86 bits per heavy atom. The minimum absolute atomic E-state index is 0.359. The molecule has 2 aromatic rings. The third-order valence-electron chi connectivity index (χ3n) is 2.16. The second-order valence-corrected chi connectivity index (χ2v) is 4.29. The van der Waals surface area contributed by atoms with Crippen LogP contribution < -0.4 is 0 Å². The molecule has 0 aliphatic carbocycles. The zero-order valence-electron chi connectivity index (χ0n) is 7.78. The molecule has 1 N–H and O–H groups in total. The first-order valence-electron chi connectivity index (χ1n) is 4.46. The first kappa shape index (κ1) is 9.21. The van der Waals surface area contributed by atoms with Crippen LogP contribution in [0.1, 0.15) is 22.2 Å². The summed E-state index contributed by atoms with van der Waals surface area (Å²) in [7, 11) is 0. The fourth-order valence-corrected chi connectivity index (χ4v) is 2.39. The van der Waals surface area contributed by atoms with Gasteiger partial charge in [0.1, 0.15) is 0 Å². The van der Waals surface area contributed by atoms with E-state index >= 15 is 0 Å². The molecule has 0 fully saturated rings. The van der Waals surface area contributed by atoms with Gasteiger partial charge < -0.3 is 5.11 Å². The van der Waals surface area contributed by atoms with Gasteiger partial charge >= 0.3 is 5.97 Å². The van der Waals surface area contributed by atoms with Gasteiger partial charge in [-0.2, -0.15) is 0 Å². The largest absolute Gasteiger partial charge is 0.478 e. The van der Waals surface area contributed by atoms with Gasteiger partial charge in [0.2, 0.25) is 0 Å². The summed E-state index contributed by atoms with van der Waals surface area (Å²) in [6.07, 6.45) is 1.00. The highest BCUT2D eigenvalue weighted by Crippen LogP contribution is 2.26. The molecule has 2 nitrogen and oxygen atoms in total. The maximum atomic E-state index is 10.7. The molecule has 72 valence electrons. The number of carbonyl (C=O) groups is 1. The summed E-state index contributed by atoms with van der Waals surface area (Å²) in [5.41, 5.74) is 0.359. The van der Waals surface area contributed by atoms with E-state index in [1.807, 2.05) is 6.07 Å². The molecule has 0 amide bonds. The van der Waals surface area contributed by atoms with E-state index in [4.69, 9.17) is 5.11 Å². The zero-order chi connectivity index (χ0) is 10.1. The van der Waals surface area contributed by atoms with Crippen molar-refractivity contribution in [3.05, 3.63) is 34.7 Å². The molecule has 0 saturated carbocycles. The molecule has 0 spiro atoms. The van der Waals surface area contributed by atoms with Gasteiger partial charge in [-0.1, -0.05) is 6.92 Å². The van der Waals surface area contributed by atoms with Crippen LogP contribution in [0.2, 0.25) is 0 Å². The predicted octanol–water partition coefficient (Wildman–Crippen LogP) is 3.16. The standard InChI is InChI=1S/C11H10O2S/c1-2-9-6-8-5-7(11(12)13)3-4-10(8)14-9/h3-6H,2H2,1H3,(H,12,13). The van der Waals surface area contributed by atoms with Crippen LogP contribution in [0.4, 0.5) is 0 Å². The van der Waals surface area contributed by atoms with E-state index in [1.165, 1.54) is 4.88 Å². The van der Waals surface area contributed by atoms with Gasteiger partial charge in [0, 0.05) is 9.58 Å². The number of aromatic carboxylic acids is 1. The molecule has 14 heavy (non-hydrogen) atoms. The predicted molar refractivity (Wildman–Crippen MR) is 58.2 cm³/mol. The Kier molecular flexibility index (Phi) is 2.25. The number of rotatable bonds is 2. The van der Waals surface area contributed by atoms with Crippen LogP contribution in [0.15, 0.2) is 24.3 Å². The van der Waals surface area contributed by atoms with Gasteiger partial charge in [0.15, 0.2) is 0 Å². The van der Waals surface area contributed by atoms with Crippen molar-refractivity contribution in [3.63, 3.8) is 0 Å². The van der Waals surface area contributed by atoms with Crippen molar-refractivity contribution in [2.75, 3.05) is 0 Å². The summed E-state index contributed by atoms with van der Waals surface area (Å²) in [6, 6.07) is 7.32. The van der Waals surface area contributed by atoms with Crippen molar-refractivity contribution in [1.82, 2.24) is 0 Å². The first-order valence-corrected chi connectivity index (χ1v) is 5.28. The SMILES string of the molecule is CCc1cc2cc(C(=O)O)ccc2s1. The Morgan fingerprint density at radius 2 is 2.21 bits per heavy atom. The molecular formula is C11H10O2S. The fraction of sp³-hybridized carbons (Fsp3) is 0.182. The van der Waals surface area contributed by atoms with Crippen molar-refractivity contribution < 1.29 is 9.90 Å². The van der Waals surface area contributed by atoms with Crippen LogP contribution >= 0.6 is 11.3 Å². The highest BCUT2D eigenvalue weighted by atomic mass is 32.1. The average Bonchev–Trinajstić information content (AvgIpc) is 2.58. The number of hydrogen-bond acceptors (Lipinski definition) is 2. The summed E-state index contributed by atoms with van der Waals surface area (Å²) in [4.78, 5) is 12.0. The molecule has 1 aromatic heterocycles. The van der Waals surface area contributed by atoms with Gasteiger partial charge in [-0.25, -0.2) is 4.79 Å². The van der Waals surface area contributed by atoms with Crippen LogP contribution in [0.25, 0.3) is 10.1 Å². The van der Waals surface area contributed by atoms with Gasteiger partial charge in [-0.15, -0.1) is 11.3 Å². The molecule has 0 atom stereocenters. The highest BCUT2D eigenvalue weighted by Gasteiger charge is 2.05. The number of carboxylic acid groups (broad SMARTS) is 1.